The Bertz CT molecular complexity index is 1210. The van der Waals surface area contributed by atoms with Crippen molar-refractivity contribution in [1.29, 1.82) is 0 Å². The highest BCUT2D eigenvalue weighted by Gasteiger charge is 2.36. The number of fused-ring (bicyclic) bond motifs is 2. The molecule has 3 N–H and O–H groups in total. The van der Waals surface area contributed by atoms with Crippen molar-refractivity contribution >= 4 is 22.9 Å². The lowest BCUT2D eigenvalue weighted by Gasteiger charge is -2.27. The van der Waals surface area contributed by atoms with Crippen molar-refractivity contribution in [3.63, 3.8) is 0 Å². The first-order valence-corrected chi connectivity index (χ1v) is 11.3. The van der Waals surface area contributed by atoms with Crippen molar-refractivity contribution in [2.75, 3.05) is 29.9 Å². The SMILES string of the molecule is C[C@@]1(O)CCCN(c2cc3c(cc2NC(=O)c2cnn4cccnc24)C[C@](C)(CO)O3)CC1. The van der Waals surface area contributed by atoms with Crippen LogP contribution in [0.15, 0.2) is 36.8 Å². The van der Waals surface area contributed by atoms with Crippen molar-refractivity contribution in [2.24, 2.45) is 0 Å². The average molecular weight is 452 g/mol. The summed E-state index contributed by atoms with van der Waals surface area (Å²) in [5.41, 5.74) is 1.93. The zero-order chi connectivity index (χ0) is 23.2. The topological polar surface area (TPSA) is 112 Å². The number of aromatic nitrogens is 3. The van der Waals surface area contributed by atoms with E-state index in [1.165, 1.54) is 6.20 Å². The number of ether oxygens (including phenoxy) is 1. The number of hydrogen-bond acceptors (Lipinski definition) is 7. The lowest BCUT2D eigenvalue weighted by Crippen LogP contribution is -2.34. The van der Waals surface area contributed by atoms with Crippen molar-refractivity contribution in [3.05, 3.63) is 47.9 Å². The summed E-state index contributed by atoms with van der Waals surface area (Å²) in [6, 6.07) is 5.64. The Hall–Kier alpha value is -3.17. The maximum atomic E-state index is 13.2. The highest BCUT2D eigenvalue weighted by molar-refractivity contribution is 6.09. The highest BCUT2D eigenvalue weighted by atomic mass is 16.5. The fourth-order valence-electron chi connectivity index (χ4n) is 4.68. The van der Waals surface area contributed by atoms with Crippen LogP contribution in [0.4, 0.5) is 11.4 Å². The molecule has 2 aliphatic heterocycles. The fourth-order valence-corrected chi connectivity index (χ4v) is 4.68. The van der Waals surface area contributed by atoms with Gasteiger partial charge in [-0.3, -0.25) is 4.79 Å². The molecule has 2 aromatic heterocycles. The van der Waals surface area contributed by atoms with Gasteiger partial charge in [0.15, 0.2) is 5.65 Å². The van der Waals surface area contributed by atoms with Crippen LogP contribution in [0.5, 0.6) is 5.75 Å². The first kappa shape index (κ1) is 21.7. The van der Waals surface area contributed by atoms with Gasteiger partial charge in [0.25, 0.3) is 5.91 Å². The van der Waals surface area contributed by atoms with Gasteiger partial charge in [-0.05, 0) is 45.2 Å². The summed E-state index contributed by atoms with van der Waals surface area (Å²) in [5.74, 6) is 0.420. The number of carbonyl (C=O) groups is 1. The number of nitrogens with zero attached hydrogens (tertiary/aromatic N) is 4. The number of rotatable bonds is 4. The van der Waals surface area contributed by atoms with Crippen LogP contribution in [0.25, 0.3) is 5.65 Å². The molecular weight excluding hydrogens is 422 g/mol. The van der Waals surface area contributed by atoms with E-state index in [-0.39, 0.29) is 12.5 Å². The van der Waals surface area contributed by atoms with Crippen molar-refractivity contribution in [1.82, 2.24) is 14.6 Å². The van der Waals surface area contributed by atoms with E-state index in [1.54, 1.807) is 23.0 Å². The number of nitrogens with one attached hydrogen (secondary N) is 1. The normalized spacial score (nSPS) is 24.9. The molecular formula is C24H29N5O4. The summed E-state index contributed by atoms with van der Waals surface area (Å²) in [6.45, 7) is 5.06. The zero-order valence-electron chi connectivity index (χ0n) is 18.9. The molecule has 0 aliphatic carbocycles. The molecule has 0 spiro atoms. The number of aliphatic hydroxyl groups is 2. The summed E-state index contributed by atoms with van der Waals surface area (Å²) in [5, 5.41) is 27.6. The van der Waals surface area contributed by atoms with Gasteiger partial charge in [0, 0.05) is 43.5 Å². The average Bonchev–Trinajstić information content (AvgIpc) is 3.30. The summed E-state index contributed by atoms with van der Waals surface area (Å²) < 4.78 is 7.64. The number of hydrogen-bond donors (Lipinski definition) is 3. The van der Waals surface area contributed by atoms with E-state index in [0.717, 1.165) is 30.6 Å². The summed E-state index contributed by atoms with van der Waals surface area (Å²) in [7, 11) is 0. The van der Waals surface area contributed by atoms with Crippen molar-refractivity contribution in [2.45, 2.75) is 50.7 Å². The predicted octanol–water partition coefficient (Wildman–Crippen LogP) is 2.41. The Balaban J connectivity index is 1.51. The fraction of sp³-hybridized carbons (Fsp3) is 0.458. The second kappa shape index (κ2) is 8.00. The summed E-state index contributed by atoms with van der Waals surface area (Å²) in [6.07, 6.45) is 7.63. The van der Waals surface area contributed by atoms with E-state index in [0.29, 0.717) is 42.0 Å². The van der Waals surface area contributed by atoms with Crippen LogP contribution in [0.2, 0.25) is 0 Å². The molecule has 0 bridgehead atoms. The molecule has 0 saturated carbocycles. The first-order chi connectivity index (χ1) is 15.8. The van der Waals surface area contributed by atoms with Gasteiger partial charge >= 0.3 is 0 Å². The first-order valence-electron chi connectivity index (χ1n) is 11.3. The monoisotopic (exact) mass is 451 g/mol. The lowest BCUT2D eigenvalue weighted by molar-refractivity contribution is 0.0447. The molecule has 5 rings (SSSR count). The van der Waals surface area contributed by atoms with Gasteiger partial charge in [0.2, 0.25) is 0 Å². The van der Waals surface area contributed by atoms with E-state index in [4.69, 9.17) is 4.74 Å². The standard InChI is InChI=1S/C24H29N5O4/c1-23(32)5-3-8-28(10-6-23)19-12-20-16(13-24(2,15-30)33-20)11-18(19)27-22(31)17-14-26-29-9-4-7-25-21(17)29/h4,7,9,11-12,14,30,32H,3,5-6,8,10,13,15H2,1-2H3,(H,27,31)/t23-,24-/m1/s1. The van der Waals surface area contributed by atoms with Crippen LogP contribution in [-0.2, 0) is 6.42 Å². The second-order valence-electron chi connectivity index (χ2n) is 9.60. The van der Waals surface area contributed by atoms with Crippen LogP contribution in [0.1, 0.15) is 49.0 Å². The molecule has 9 heteroatoms. The molecule has 2 aliphatic rings. The van der Waals surface area contributed by atoms with Gasteiger partial charge in [-0.2, -0.15) is 5.10 Å². The van der Waals surface area contributed by atoms with Gasteiger partial charge in [0.05, 0.1) is 29.8 Å². The minimum Gasteiger partial charge on any atom is -0.484 e. The maximum Gasteiger partial charge on any atom is 0.261 e. The molecule has 174 valence electrons. The predicted molar refractivity (Wildman–Crippen MR) is 124 cm³/mol. The van der Waals surface area contributed by atoms with Gasteiger partial charge in [-0.1, -0.05) is 0 Å². The molecule has 0 radical (unpaired) electrons. The molecule has 1 aromatic carbocycles. The molecule has 2 atom stereocenters. The molecule has 0 unspecified atom stereocenters. The number of aliphatic hydroxyl groups excluding tert-OH is 1. The highest BCUT2D eigenvalue weighted by Crippen LogP contribution is 2.42. The third kappa shape index (κ3) is 4.14. The van der Waals surface area contributed by atoms with Gasteiger partial charge in [-0.15, -0.1) is 0 Å². The summed E-state index contributed by atoms with van der Waals surface area (Å²) in [4.78, 5) is 19.7. The van der Waals surface area contributed by atoms with Crippen LogP contribution in [0.3, 0.4) is 0 Å². The zero-order valence-corrected chi connectivity index (χ0v) is 18.9. The lowest BCUT2D eigenvalue weighted by atomic mass is 9.98. The largest absolute Gasteiger partial charge is 0.484 e. The second-order valence-corrected chi connectivity index (χ2v) is 9.60. The number of anilines is 2. The van der Waals surface area contributed by atoms with Crippen LogP contribution in [-0.4, -0.2) is 61.6 Å². The van der Waals surface area contributed by atoms with E-state index in [9.17, 15) is 15.0 Å². The summed E-state index contributed by atoms with van der Waals surface area (Å²) >= 11 is 0. The Morgan fingerprint density at radius 3 is 2.94 bits per heavy atom. The molecule has 33 heavy (non-hydrogen) atoms. The Morgan fingerprint density at radius 2 is 2.12 bits per heavy atom. The Labute approximate surface area is 192 Å². The van der Waals surface area contributed by atoms with Crippen molar-refractivity contribution in [3.8, 4) is 5.75 Å². The molecule has 1 amide bonds. The van der Waals surface area contributed by atoms with E-state index in [1.807, 2.05) is 26.0 Å². The number of benzene rings is 1. The third-order valence-electron chi connectivity index (χ3n) is 6.61. The Kier molecular flexibility index (Phi) is 5.25. The molecule has 4 heterocycles. The van der Waals surface area contributed by atoms with Crippen LogP contribution >= 0.6 is 0 Å². The number of carbonyl (C=O) groups excluding carboxylic acids is 1. The molecule has 1 fully saturated rings. The van der Waals surface area contributed by atoms with Crippen molar-refractivity contribution < 1.29 is 19.7 Å². The van der Waals surface area contributed by atoms with Gasteiger partial charge in [0.1, 0.15) is 16.9 Å². The smallest absolute Gasteiger partial charge is 0.261 e. The van der Waals surface area contributed by atoms with E-state index < -0.39 is 11.2 Å². The molecule has 9 nitrogen and oxygen atoms in total. The van der Waals surface area contributed by atoms with E-state index in [2.05, 4.69) is 20.3 Å². The molecule has 1 saturated heterocycles. The van der Waals surface area contributed by atoms with E-state index >= 15 is 0 Å². The quantitative estimate of drug-likeness (QED) is 0.558. The number of amides is 1. The van der Waals surface area contributed by atoms with Gasteiger partial charge < -0.3 is 25.2 Å². The Morgan fingerprint density at radius 1 is 1.27 bits per heavy atom. The molecule has 3 aromatic rings. The van der Waals surface area contributed by atoms with Crippen LogP contribution < -0.4 is 15.0 Å². The third-order valence-corrected chi connectivity index (χ3v) is 6.61. The van der Waals surface area contributed by atoms with Crippen LogP contribution in [0, 0.1) is 0 Å². The minimum absolute atomic E-state index is 0.0979. The minimum atomic E-state index is -0.705. The maximum absolute atomic E-state index is 13.2. The van der Waals surface area contributed by atoms with Gasteiger partial charge in [-0.25, -0.2) is 9.50 Å².